The van der Waals surface area contributed by atoms with E-state index >= 15 is 0 Å². The van der Waals surface area contributed by atoms with E-state index in [1.54, 1.807) is 24.3 Å². The van der Waals surface area contributed by atoms with E-state index in [0.29, 0.717) is 16.9 Å². The number of carboxylic acids is 1. The van der Waals surface area contributed by atoms with E-state index in [0.717, 1.165) is 0 Å². The van der Waals surface area contributed by atoms with Crippen molar-refractivity contribution in [2.24, 2.45) is 0 Å². The summed E-state index contributed by atoms with van der Waals surface area (Å²) in [4.78, 5) is 37.5. The number of halogens is 1. The number of carbonyl (C=O) groups is 3. The number of aliphatic hydroxyl groups excluding tert-OH is 1. The van der Waals surface area contributed by atoms with Gasteiger partial charge in [0, 0.05) is 18.5 Å². The maximum atomic E-state index is 13.4. The zero-order chi connectivity index (χ0) is 21.8. The first kappa shape index (κ1) is 21.0. The highest BCUT2D eigenvalue weighted by Gasteiger charge is 2.45. The van der Waals surface area contributed by atoms with Gasteiger partial charge in [0.2, 0.25) is 0 Å². The molecule has 1 aliphatic heterocycles. The number of benzene rings is 2. The summed E-state index contributed by atoms with van der Waals surface area (Å²) < 4.78 is 18.5. The van der Waals surface area contributed by atoms with Crippen molar-refractivity contribution < 1.29 is 33.7 Å². The maximum Gasteiger partial charge on any atom is 0.303 e. The fourth-order valence-electron chi connectivity index (χ4n) is 3.41. The first-order valence-electron chi connectivity index (χ1n) is 9.23. The van der Waals surface area contributed by atoms with Gasteiger partial charge in [0.25, 0.3) is 11.7 Å². The Hall–Kier alpha value is -3.68. The van der Waals surface area contributed by atoms with E-state index in [1.807, 2.05) is 0 Å². The van der Waals surface area contributed by atoms with E-state index in [9.17, 15) is 23.9 Å². The van der Waals surface area contributed by atoms with Gasteiger partial charge in [-0.25, -0.2) is 4.39 Å². The number of likely N-dealkylation sites (tertiary alicyclic amines) is 1. The molecule has 0 radical (unpaired) electrons. The van der Waals surface area contributed by atoms with Crippen molar-refractivity contribution in [3.05, 3.63) is 71.0 Å². The number of amides is 1. The second-order valence-electron chi connectivity index (χ2n) is 6.77. The molecule has 1 amide bonds. The number of ether oxygens (including phenoxy) is 1. The smallest absolute Gasteiger partial charge is 0.303 e. The molecule has 0 aliphatic carbocycles. The third kappa shape index (κ3) is 4.17. The molecule has 1 aliphatic rings. The third-order valence-corrected chi connectivity index (χ3v) is 4.88. The number of hydrogen-bond donors (Lipinski definition) is 2. The van der Waals surface area contributed by atoms with Crippen molar-refractivity contribution in [2.45, 2.75) is 18.9 Å². The molecular weight excluding hydrogens is 393 g/mol. The van der Waals surface area contributed by atoms with E-state index in [2.05, 4.69) is 0 Å². The monoisotopic (exact) mass is 413 g/mol. The topological polar surface area (TPSA) is 104 Å². The van der Waals surface area contributed by atoms with Crippen LogP contribution in [0.1, 0.15) is 30.0 Å². The molecule has 2 aromatic rings. The third-order valence-electron chi connectivity index (χ3n) is 4.88. The van der Waals surface area contributed by atoms with Gasteiger partial charge in [0.05, 0.1) is 18.7 Å². The van der Waals surface area contributed by atoms with Gasteiger partial charge >= 0.3 is 5.97 Å². The van der Waals surface area contributed by atoms with Crippen LogP contribution in [-0.4, -0.2) is 46.4 Å². The van der Waals surface area contributed by atoms with Crippen LogP contribution in [0.2, 0.25) is 0 Å². The quantitative estimate of drug-likeness (QED) is 0.411. The molecule has 30 heavy (non-hydrogen) atoms. The van der Waals surface area contributed by atoms with Crippen molar-refractivity contribution in [1.82, 2.24) is 4.90 Å². The van der Waals surface area contributed by atoms with Crippen LogP contribution in [0.4, 0.5) is 4.39 Å². The number of aliphatic carboxylic acids is 1. The number of methoxy groups -OCH3 is 1. The summed E-state index contributed by atoms with van der Waals surface area (Å²) in [5.41, 5.74) is 0.611. The summed E-state index contributed by atoms with van der Waals surface area (Å²) >= 11 is 0. The van der Waals surface area contributed by atoms with Crippen molar-refractivity contribution >= 4 is 23.4 Å². The minimum Gasteiger partial charge on any atom is -0.507 e. The lowest BCUT2D eigenvalue weighted by Crippen LogP contribution is -2.31. The Morgan fingerprint density at radius 3 is 2.27 bits per heavy atom. The molecule has 1 heterocycles. The van der Waals surface area contributed by atoms with Crippen LogP contribution < -0.4 is 4.74 Å². The molecule has 8 heteroatoms. The van der Waals surface area contributed by atoms with Gasteiger partial charge in [-0.15, -0.1) is 0 Å². The number of ketones is 1. The summed E-state index contributed by atoms with van der Waals surface area (Å²) in [7, 11) is 1.49. The van der Waals surface area contributed by atoms with E-state index in [1.165, 1.54) is 36.3 Å². The molecule has 1 saturated heterocycles. The molecule has 3 rings (SSSR count). The summed E-state index contributed by atoms with van der Waals surface area (Å²) in [5, 5.41) is 19.7. The van der Waals surface area contributed by atoms with Crippen LogP contribution in [0.25, 0.3) is 5.76 Å². The van der Waals surface area contributed by atoms with Gasteiger partial charge in [0.15, 0.2) is 0 Å². The summed E-state index contributed by atoms with van der Waals surface area (Å²) in [5.74, 6) is -3.06. The minimum atomic E-state index is -1.02. The molecule has 2 aromatic carbocycles. The predicted molar refractivity (Wildman–Crippen MR) is 105 cm³/mol. The van der Waals surface area contributed by atoms with Crippen LogP contribution in [0.5, 0.6) is 5.75 Å². The number of rotatable bonds is 7. The Bertz CT molecular complexity index is 997. The highest BCUT2D eigenvalue weighted by molar-refractivity contribution is 6.46. The first-order valence-corrected chi connectivity index (χ1v) is 9.23. The Kier molecular flexibility index (Phi) is 6.15. The molecule has 156 valence electrons. The lowest BCUT2D eigenvalue weighted by Gasteiger charge is -2.25. The molecule has 1 atom stereocenters. The Labute approximate surface area is 172 Å². The predicted octanol–water partition coefficient (Wildman–Crippen LogP) is 3.12. The van der Waals surface area contributed by atoms with Crippen molar-refractivity contribution in [3.8, 4) is 5.75 Å². The number of hydrogen-bond acceptors (Lipinski definition) is 5. The van der Waals surface area contributed by atoms with Crippen LogP contribution >= 0.6 is 0 Å². The summed E-state index contributed by atoms with van der Waals surface area (Å²) in [6.07, 6.45) is -0.0553. The molecule has 1 fully saturated rings. The zero-order valence-electron chi connectivity index (χ0n) is 16.2. The van der Waals surface area contributed by atoms with Gasteiger partial charge in [-0.3, -0.25) is 14.4 Å². The van der Waals surface area contributed by atoms with Gasteiger partial charge < -0.3 is 19.8 Å². The van der Waals surface area contributed by atoms with Gasteiger partial charge in [-0.1, -0.05) is 12.1 Å². The number of carboxylic acid groups (broad SMARTS) is 1. The molecule has 0 saturated carbocycles. The van der Waals surface area contributed by atoms with Gasteiger partial charge in [0.1, 0.15) is 17.3 Å². The standard InChI is InChI=1S/C22H20FNO6/c1-30-16-10-6-14(7-11-16)20(27)18-19(13-4-8-15(23)9-5-13)24(22(29)21(18)28)12-2-3-17(25)26/h4-11,19,27H,2-3,12H2,1H3,(H,25,26)/t19-/m1/s1. The van der Waals surface area contributed by atoms with E-state index in [4.69, 9.17) is 9.84 Å². The summed E-state index contributed by atoms with van der Waals surface area (Å²) in [6.45, 7) is -0.00168. The van der Waals surface area contributed by atoms with Crippen molar-refractivity contribution in [3.63, 3.8) is 0 Å². The van der Waals surface area contributed by atoms with E-state index < -0.39 is 29.5 Å². The van der Waals surface area contributed by atoms with Gasteiger partial charge in [-0.05, 0) is 48.4 Å². The van der Waals surface area contributed by atoms with Crippen LogP contribution in [0.15, 0.2) is 54.1 Å². The van der Waals surface area contributed by atoms with Crippen molar-refractivity contribution in [2.75, 3.05) is 13.7 Å². The zero-order valence-corrected chi connectivity index (χ0v) is 16.2. The second kappa shape index (κ2) is 8.77. The molecular formula is C22H20FNO6. The molecule has 0 bridgehead atoms. The molecule has 0 unspecified atom stereocenters. The molecule has 7 nitrogen and oxygen atoms in total. The molecule has 0 spiro atoms. The highest BCUT2D eigenvalue weighted by atomic mass is 19.1. The number of nitrogens with zero attached hydrogens (tertiary/aromatic N) is 1. The second-order valence-corrected chi connectivity index (χ2v) is 6.77. The molecule has 0 aromatic heterocycles. The van der Waals surface area contributed by atoms with Crippen LogP contribution in [0.3, 0.4) is 0 Å². The average molecular weight is 413 g/mol. The number of aliphatic hydroxyl groups is 1. The van der Waals surface area contributed by atoms with E-state index in [-0.39, 0.29) is 30.7 Å². The SMILES string of the molecule is COc1ccc(C(O)=C2C(=O)C(=O)N(CCCC(=O)O)[C@@H]2c2ccc(F)cc2)cc1. The first-order chi connectivity index (χ1) is 14.3. The Balaban J connectivity index is 2.07. The summed E-state index contributed by atoms with van der Waals surface area (Å²) in [6, 6.07) is 10.6. The van der Waals surface area contributed by atoms with Crippen LogP contribution in [0, 0.1) is 5.82 Å². The minimum absolute atomic E-state index is 0.00168. The normalized spacial score (nSPS) is 17.9. The largest absolute Gasteiger partial charge is 0.507 e. The average Bonchev–Trinajstić information content (AvgIpc) is 2.98. The lowest BCUT2D eigenvalue weighted by molar-refractivity contribution is -0.140. The highest BCUT2D eigenvalue weighted by Crippen LogP contribution is 2.39. The Morgan fingerprint density at radius 1 is 1.07 bits per heavy atom. The van der Waals surface area contributed by atoms with Gasteiger partial charge in [-0.2, -0.15) is 0 Å². The molecule has 2 N–H and O–H groups in total. The van der Waals surface area contributed by atoms with Crippen molar-refractivity contribution in [1.29, 1.82) is 0 Å². The number of carbonyl (C=O) groups excluding carboxylic acids is 2. The fraction of sp³-hybridized carbons (Fsp3) is 0.227. The van der Waals surface area contributed by atoms with Crippen LogP contribution in [-0.2, 0) is 14.4 Å². The maximum absolute atomic E-state index is 13.4. The Morgan fingerprint density at radius 2 is 1.70 bits per heavy atom. The lowest BCUT2D eigenvalue weighted by atomic mass is 9.95. The number of Topliss-reactive ketones (excluding diaryl/α,β-unsaturated/α-hetero) is 1. The fourth-order valence-corrected chi connectivity index (χ4v) is 3.41.